The Morgan fingerprint density at radius 2 is 2.11 bits per heavy atom. The van der Waals surface area contributed by atoms with Crippen LogP contribution in [0.4, 0.5) is 0 Å². The van der Waals surface area contributed by atoms with Crippen LogP contribution in [0.2, 0.25) is 0 Å². The van der Waals surface area contributed by atoms with Gasteiger partial charge in [0.1, 0.15) is 16.9 Å². The van der Waals surface area contributed by atoms with E-state index in [0.29, 0.717) is 17.3 Å². The second-order valence-corrected chi connectivity index (χ2v) is 7.13. The van der Waals surface area contributed by atoms with Gasteiger partial charge in [-0.15, -0.1) is 0 Å². The van der Waals surface area contributed by atoms with Gasteiger partial charge in [-0.1, -0.05) is 24.4 Å². The number of fused-ring (bicyclic) bond motifs is 1. The molecule has 0 radical (unpaired) electrons. The van der Waals surface area contributed by atoms with Crippen LogP contribution in [0.25, 0.3) is 11.0 Å². The van der Waals surface area contributed by atoms with Gasteiger partial charge in [0.2, 0.25) is 11.8 Å². The SMILES string of the molecule is COc1ccc2c(CC(=O)NC3(c4noc(C)n4)CCCCC3)coc2c1. The highest BCUT2D eigenvalue weighted by atomic mass is 16.5. The first-order valence-electron chi connectivity index (χ1n) is 9.25. The van der Waals surface area contributed by atoms with Crippen molar-refractivity contribution >= 4 is 16.9 Å². The number of methoxy groups -OCH3 is 1. The number of aromatic nitrogens is 2. The third-order valence-electron chi connectivity index (χ3n) is 5.26. The molecule has 2 heterocycles. The van der Waals surface area contributed by atoms with Crippen molar-refractivity contribution in [1.29, 1.82) is 0 Å². The van der Waals surface area contributed by atoms with Crippen molar-refractivity contribution in [1.82, 2.24) is 15.5 Å². The molecular formula is C20H23N3O4. The van der Waals surface area contributed by atoms with Gasteiger partial charge >= 0.3 is 0 Å². The molecule has 27 heavy (non-hydrogen) atoms. The lowest BCUT2D eigenvalue weighted by Gasteiger charge is -2.35. The second kappa shape index (κ2) is 7.06. The number of aryl methyl sites for hydroxylation is 1. The molecule has 0 unspecified atom stereocenters. The summed E-state index contributed by atoms with van der Waals surface area (Å²) in [6.07, 6.45) is 6.73. The third kappa shape index (κ3) is 3.41. The van der Waals surface area contributed by atoms with Crippen molar-refractivity contribution in [3.05, 3.63) is 41.7 Å². The van der Waals surface area contributed by atoms with E-state index in [-0.39, 0.29) is 12.3 Å². The minimum atomic E-state index is -0.546. The Balaban J connectivity index is 1.55. The van der Waals surface area contributed by atoms with Crippen LogP contribution >= 0.6 is 0 Å². The van der Waals surface area contributed by atoms with E-state index in [1.54, 1.807) is 20.3 Å². The molecule has 7 nitrogen and oxygen atoms in total. The molecule has 1 aliphatic rings. The van der Waals surface area contributed by atoms with Crippen LogP contribution in [0.15, 0.2) is 33.4 Å². The largest absolute Gasteiger partial charge is 0.497 e. The summed E-state index contributed by atoms with van der Waals surface area (Å²) in [5.74, 6) is 1.74. The van der Waals surface area contributed by atoms with Crippen LogP contribution in [0.1, 0.15) is 49.4 Å². The van der Waals surface area contributed by atoms with E-state index in [0.717, 1.165) is 48.8 Å². The quantitative estimate of drug-likeness (QED) is 0.738. The number of nitrogens with zero attached hydrogens (tertiary/aromatic N) is 2. The molecular weight excluding hydrogens is 346 g/mol. The number of hydrogen-bond acceptors (Lipinski definition) is 6. The number of ether oxygens (including phenoxy) is 1. The standard InChI is InChI=1S/C20H23N3O4/c1-13-21-19(23-27-13)20(8-4-3-5-9-20)22-18(24)10-14-12-26-17-11-15(25-2)6-7-16(14)17/h6-7,11-12H,3-5,8-10H2,1-2H3,(H,22,24). The molecule has 1 amide bonds. The first kappa shape index (κ1) is 17.6. The molecule has 3 aromatic rings. The molecule has 4 rings (SSSR count). The van der Waals surface area contributed by atoms with Crippen molar-refractivity contribution in [2.24, 2.45) is 0 Å². The van der Waals surface area contributed by atoms with E-state index in [9.17, 15) is 4.79 Å². The summed E-state index contributed by atoms with van der Waals surface area (Å²) in [7, 11) is 1.61. The number of amides is 1. The highest BCUT2D eigenvalue weighted by Gasteiger charge is 2.39. The molecule has 0 atom stereocenters. The van der Waals surface area contributed by atoms with Crippen LogP contribution in [-0.4, -0.2) is 23.2 Å². The Hall–Kier alpha value is -2.83. The lowest BCUT2D eigenvalue weighted by atomic mass is 9.80. The number of furan rings is 1. The van der Waals surface area contributed by atoms with E-state index < -0.39 is 5.54 Å². The number of rotatable bonds is 5. The van der Waals surface area contributed by atoms with Crippen molar-refractivity contribution in [3.63, 3.8) is 0 Å². The number of benzene rings is 1. The predicted octanol–water partition coefficient (Wildman–Crippen LogP) is 3.65. The summed E-state index contributed by atoms with van der Waals surface area (Å²) in [4.78, 5) is 17.3. The predicted molar refractivity (Wildman–Crippen MR) is 98.4 cm³/mol. The topological polar surface area (TPSA) is 90.4 Å². The average molecular weight is 369 g/mol. The molecule has 0 saturated heterocycles. The number of hydrogen-bond donors (Lipinski definition) is 1. The molecule has 0 spiro atoms. The minimum absolute atomic E-state index is 0.0714. The lowest BCUT2D eigenvalue weighted by molar-refractivity contribution is -0.123. The zero-order valence-corrected chi connectivity index (χ0v) is 15.6. The number of carbonyl (C=O) groups excluding carboxylic acids is 1. The molecule has 1 fully saturated rings. The Morgan fingerprint density at radius 3 is 2.81 bits per heavy atom. The van der Waals surface area contributed by atoms with Crippen molar-refractivity contribution in [2.75, 3.05) is 7.11 Å². The zero-order valence-electron chi connectivity index (χ0n) is 15.6. The fraction of sp³-hybridized carbons (Fsp3) is 0.450. The Bertz CT molecular complexity index is 953. The van der Waals surface area contributed by atoms with Crippen LogP contribution in [0.3, 0.4) is 0 Å². The fourth-order valence-corrected chi connectivity index (χ4v) is 3.86. The lowest BCUT2D eigenvalue weighted by Crippen LogP contribution is -2.48. The molecule has 0 aliphatic heterocycles. The van der Waals surface area contributed by atoms with E-state index in [1.165, 1.54) is 0 Å². The highest BCUT2D eigenvalue weighted by molar-refractivity contribution is 5.88. The van der Waals surface area contributed by atoms with Crippen LogP contribution < -0.4 is 10.1 Å². The van der Waals surface area contributed by atoms with Crippen molar-refractivity contribution < 1.29 is 18.5 Å². The number of nitrogens with one attached hydrogen (secondary N) is 1. The average Bonchev–Trinajstić information content (AvgIpc) is 3.29. The van der Waals surface area contributed by atoms with Gasteiger partial charge in [0, 0.05) is 23.9 Å². The third-order valence-corrected chi connectivity index (χ3v) is 5.26. The first-order valence-corrected chi connectivity index (χ1v) is 9.25. The summed E-state index contributed by atoms with van der Waals surface area (Å²) >= 11 is 0. The molecule has 1 saturated carbocycles. The molecule has 142 valence electrons. The maximum Gasteiger partial charge on any atom is 0.225 e. The van der Waals surface area contributed by atoms with E-state index in [2.05, 4.69) is 15.5 Å². The Labute approximate surface area is 157 Å². The van der Waals surface area contributed by atoms with Gasteiger partial charge in [0.25, 0.3) is 0 Å². The van der Waals surface area contributed by atoms with Gasteiger partial charge in [-0.3, -0.25) is 4.79 Å². The molecule has 7 heteroatoms. The Kier molecular flexibility index (Phi) is 4.59. The summed E-state index contributed by atoms with van der Waals surface area (Å²) < 4.78 is 16.0. The Morgan fingerprint density at radius 1 is 1.30 bits per heavy atom. The van der Waals surface area contributed by atoms with E-state index >= 15 is 0 Å². The van der Waals surface area contributed by atoms with Gasteiger partial charge in [-0.2, -0.15) is 4.98 Å². The monoisotopic (exact) mass is 369 g/mol. The van der Waals surface area contributed by atoms with Gasteiger partial charge in [0.15, 0.2) is 5.82 Å². The van der Waals surface area contributed by atoms with Crippen LogP contribution in [-0.2, 0) is 16.8 Å². The zero-order chi connectivity index (χ0) is 18.9. The number of carbonyl (C=O) groups is 1. The highest BCUT2D eigenvalue weighted by Crippen LogP contribution is 2.36. The van der Waals surface area contributed by atoms with Gasteiger partial charge < -0.3 is 19.0 Å². The van der Waals surface area contributed by atoms with Crippen LogP contribution in [0, 0.1) is 6.92 Å². The maximum absolute atomic E-state index is 12.9. The van der Waals surface area contributed by atoms with Crippen molar-refractivity contribution in [2.45, 2.75) is 51.0 Å². The molecule has 2 aromatic heterocycles. The smallest absolute Gasteiger partial charge is 0.225 e. The maximum atomic E-state index is 12.9. The summed E-state index contributed by atoms with van der Waals surface area (Å²) in [5.41, 5.74) is 1.01. The minimum Gasteiger partial charge on any atom is -0.497 e. The van der Waals surface area contributed by atoms with Crippen molar-refractivity contribution in [3.8, 4) is 5.75 Å². The summed E-state index contributed by atoms with van der Waals surface area (Å²) in [5, 5.41) is 8.21. The normalized spacial score (nSPS) is 16.4. The fourth-order valence-electron chi connectivity index (χ4n) is 3.86. The summed E-state index contributed by atoms with van der Waals surface area (Å²) in [6, 6.07) is 5.60. The molecule has 0 bridgehead atoms. The van der Waals surface area contributed by atoms with Gasteiger partial charge in [0.05, 0.1) is 19.8 Å². The first-order chi connectivity index (χ1) is 13.1. The van der Waals surface area contributed by atoms with Gasteiger partial charge in [-0.25, -0.2) is 0 Å². The van der Waals surface area contributed by atoms with E-state index in [1.807, 2.05) is 18.2 Å². The second-order valence-electron chi connectivity index (χ2n) is 7.13. The molecule has 1 aliphatic carbocycles. The van der Waals surface area contributed by atoms with Gasteiger partial charge in [-0.05, 0) is 25.0 Å². The molecule has 1 aromatic carbocycles. The summed E-state index contributed by atoms with van der Waals surface area (Å²) in [6.45, 7) is 1.76. The van der Waals surface area contributed by atoms with E-state index in [4.69, 9.17) is 13.7 Å². The van der Waals surface area contributed by atoms with Crippen LogP contribution in [0.5, 0.6) is 5.75 Å². The molecule has 1 N–H and O–H groups in total.